The summed E-state index contributed by atoms with van der Waals surface area (Å²) in [5.41, 5.74) is -0.677. The van der Waals surface area contributed by atoms with Crippen LogP contribution in [0.1, 0.15) is 0 Å². The lowest BCUT2D eigenvalue weighted by molar-refractivity contribution is -0.393. The van der Waals surface area contributed by atoms with E-state index in [1.807, 2.05) is 0 Å². The van der Waals surface area contributed by atoms with Crippen LogP contribution < -0.4 is 10.1 Å². The van der Waals surface area contributed by atoms with Gasteiger partial charge in [0.1, 0.15) is 17.3 Å². The van der Waals surface area contributed by atoms with Gasteiger partial charge in [-0.15, -0.1) is 0 Å². The van der Waals surface area contributed by atoms with E-state index in [1.165, 1.54) is 19.2 Å². The van der Waals surface area contributed by atoms with E-state index in [-0.39, 0.29) is 17.1 Å². The Labute approximate surface area is 123 Å². The van der Waals surface area contributed by atoms with Gasteiger partial charge in [0.15, 0.2) is 0 Å². The molecule has 114 valence electrons. The van der Waals surface area contributed by atoms with Crippen molar-refractivity contribution in [3.63, 3.8) is 0 Å². The maximum absolute atomic E-state index is 13.4. The van der Waals surface area contributed by atoms with E-state index in [1.54, 1.807) is 0 Å². The van der Waals surface area contributed by atoms with Crippen LogP contribution in [0.25, 0.3) is 0 Å². The molecule has 0 spiro atoms. The Bertz CT molecular complexity index is 750. The van der Waals surface area contributed by atoms with Crippen LogP contribution in [0.4, 0.5) is 27.1 Å². The fraction of sp³-hybridized carbons (Fsp3) is 0.0769. The first-order valence-electron chi connectivity index (χ1n) is 5.95. The first kappa shape index (κ1) is 15.2. The van der Waals surface area contributed by atoms with Crippen molar-refractivity contribution in [2.75, 3.05) is 12.4 Å². The van der Waals surface area contributed by atoms with E-state index >= 15 is 0 Å². The number of benzene rings is 2. The number of nitrogens with zero attached hydrogens (tertiary/aromatic N) is 2. The number of rotatable bonds is 5. The van der Waals surface area contributed by atoms with Gasteiger partial charge in [0.2, 0.25) is 0 Å². The monoisotopic (exact) mass is 307 g/mol. The normalized spacial score (nSPS) is 10.1. The van der Waals surface area contributed by atoms with Gasteiger partial charge in [-0.2, -0.15) is 0 Å². The van der Waals surface area contributed by atoms with Crippen molar-refractivity contribution < 1.29 is 19.0 Å². The number of nitro benzene ring substituents is 2. The Morgan fingerprint density at radius 1 is 1.09 bits per heavy atom. The Kier molecular flexibility index (Phi) is 4.16. The fourth-order valence-electron chi connectivity index (χ4n) is 1.80. The number of hydrogen-bond acceptors (Lipinski definition) is 6. The van der Waals surface area contributed by atoms with Crippen LogP contribution in [0.15, 0.2) is 36.4 Å². The van der Waals surface area contributed by atoms with E-state index in [0.29, 0.717) is 0 Å². The van der Waals surface area contributed by atoms with Gasteiger partial charge in [0, 0.05) is 23.9 Å². The lowest BCUT2D eigenvalue weighted by atomic mass is 10.2. The topological polar surface area (TPSA) is 108 Å². The van der Waals surface area contributed by atoms with Crippen molar-refractivity contribution in [3.8, 4) is 5.75 Å². The first-order valence-corrected chi connectivity index (χ1v) is 5.95. The van der Waals surface area contributed by atoms with Gasteiger partial charge >= 0.3 is 0 Å². The van der Waals surface area contributed by atoms with Crippen molar-refractivity contribution in [2.24, 2.45) is 0 Å². The van der Waals surface area contributed by atoms with E-state index in [9.17, 15) is 24.6 Å². The van der Waals surface area contributed by atoms with Gasteiger partial charge in [-0.1, -0.05) is 0 Å². The summed E-state index contributed by atoms with van der Waals surface area (Å²) in [6.07, 6.45) is 0. The van der Waals surface area contributed by atoms with Crippen molar-refractivity contribution in [2.45, 2.75) is 0 Å². The lowest BCUT2D eigenvalue weighted by Crippen LogP contribution is -1.99. The summed E-state index contributed by atoms with van der Waals surface area (Å²) in [7, 11) is 1.35. The van der Waals surface area contributed by atoms with Gasteiger partial charge in [0.25, 0.3) is 11.4 Å². The standard InChI is InChI=1S/C13H10FN3O5/c1-22-11-5-8(14)4-9(6-11)15-12-3-2-10(16(18)19)7-13(12)17(20)21/h2-7,15H,1H3. The van der Waals surface area contributed by atoms with Crippen molar-refractivity contribution in [1.82, 2.24) is 0 Å². The summed E-state index contributed by atoms with van der Waals surface area (Å²) in [6, 6.07) is 6.84. The number of nitrogens with one attached hydrogen (secondary N) is 1. The number of anilines is 2. The molecule has 0 radical (unpaired) electrons. The first-order chi connectivity index (χ1) is 10.4. The summed E-state index contributed by atoms with van der Waals surface area (Å²) >= 11 is 0. The molecule has 0 atom stereocenters. The quantitative estimate of drug-likeness (QED) is 0.670. The van der Waals surface area contributed by atoms with Crippen LogP contribution in [0, 0.1) is 26.0 Å². The Morgan fingerprint density at radius 2 is 1.82 bits per heavy atom. The number of halogens is 1. The number of hydrogen-bond donors (Lipinski definition) is 1. The van der Waals surface area contributed by atoms with E-state index < -0.39 is 27.0 Å². The van der Waals surface area contributed by atoms with E-state index in [0.717, 1.165) is 24.3 Å². The molecule has 2 rings (SSSR count). The second-order valence-corrected chi connectivity index (χ2v) is 4.22. The molecule has 9 heteroatoms. The predicted octanol–water partition coefficient (Wildman–Crippen LogP) is 3.39. The number of ether oxygens (including phenoxy) is 1. The van der Waals surface area contributed by atoms with Crippen molar-refractivity contribution >= 4 is 22.7 Å². The molecule has 2 aromatic carbocycles. The van der Waals surface area contributed by atoms with Crippen LogP contribution >= 0.6 is 0 Å². The molecular formula is C13H10FN3O5. The Morgan fingerprint density at radius 3 is 2.41 bits per heavy atom. The molecule has 0 saturated heterocycles. The highest BCUT2D eigenvalue weighted by atomic mass is 19.1. The highest BCUT2D eigenvalue weighted by Crippen LogP contribution is 2.32. The summed E-state index contributed by atoms with van der Waals surface area (Å²) in [5, 5.41) is 24.3. The molecule has 0 fully saturated rings. The lowest BCUT2D eigenvalue weighted by Gasteiger charge is -2.09. The minimum atomic E-state index is -0.758. The molecule has 8 nitrogen and oxygen atoms in total. The van der Waals surface area contributed by atoms with Crippen LogP contribution in [0.5, 0.6) is 5.75 Å². The highest BCUT2D eigenvalue weighted by Gasteiger charge is 2.19. The second-order valence-electron chi connectivity index (χ2n) is 4.22. The zero-order chi connectivity index (χ0) is 16.3. The average Bonchev–Trinajstić information content (AvgIpc) is 2.46. The van der Waals surface area contributed by atoms with Gasteiger partial charge in [-0.05, 0) is 12.1 Å². The smallest absolute Gasteiger partial charge is 0.299 e. The molecule has 0 bridgehead atoms. The molecule has 0 aliphatic heterocycles. The maximum Gasteiger partial charge on any atom is 0.299 e. The van der Waals surface area contributed by atoms with Crippen LogP contribution in [-0.4, -0.2) is 17.0 Å². The molecule has 0 aromatic heterocycles. The molecule has 1 N–H and O–H groups in total. The third kappa shape index (κ3) is 3.26. The summed E-state index contributed by atoms with van der Waals surface area (Å²) in [5.74, 6) is -0.363. The van der Waals surface area contributed by atoms with Gasteiger partial charge < -0.3 is 10.1 Å². The fourth-order valence-corrected chi connectivity index (χ4v) is 1.80. The van der Waals surface area contributed by atoms with Crippen molar-refractivity contribution in [3.05, 3.63) is 62.4 Å². The molecule has 22 heavy (non-hydrogen) atoms. The van der Waals surface area contributed by atoms with E-state index in [2.05, 4.69) is 5.32 Å². The van der Waals surface area contributed by atoms with E-state index in [4.69, 9.17) is 4.74 Å². The predicted molar refractivity (Wildman–Crippen MR) is 76.0 cm³/mol. The summed E-state index contributed by atoms with van der Waals surface area (Å²) in [4.78, 5) is 20.2. The second kappa shape index (κ2) is 6.04. The Hall–Kier alpha value is -3.23. The number of methoxy groups -OCH3 is 1. The largest absolute Gasteiger partial charge is 0.497 e. The minimum absolute atomic E-state index is 0.00301. The third-order valence-corrected chi connectivity index (χ3v) is 2.77. The molecule has 0 heterocycles. The third-order valence-electron chi connectivity index (χ3n) is 2.77. The molecular weight excluding hydrogens is 297 g/mol. The minimum Gasteiger partial charge on any atom is -0.497 e. The van der Waals surface area contributed by atoms with Crippen molar-refractivity contribution in [1.29, 1.82) is 0 Å². The molecule has 0 aliphatic rings. The number of nitro groups is 2. The number of non-ortho nitro benzene ring substituents is 1. The molecule has 0 aliphatic carbocycles. The van der Waals surface area contributed by atoms with Gasteiger partial charge in [0.05, 0.1) is 23.0 Å². The average molecular weight is 307 g/mol. The zero-order valence-corrected chi connectivity index (χ0v) is 11.3. The van der Waals surface area contributed by atoms with Crippen LogP contribution in [0.2, 0.25) is 0 Å². The maximum atomic E-state index is 13.4. The highest BCUT2D eigenvalue weighted by molar-refractivity contribution is 5.72. The molecule has 0 amide bonds. The van der Waals surface area contributed by atoms with Gasteiger partial charge in [-0.3, -0.25) is 20.2 Å². The Balaban J connectivity index is 2.43. The molecule has 0 saturated carbocycles. The SMILES string of the molecule is COc1cc(F)cc(Nc2ccc([N+](=O)[O-])cc2[N+](=O)[O-])c1. The summed E-state index contributed by atoms with van der Waals surface area (Å²) < 4.78 is 18.3. The zero-order valence-electron chi connectivity index (χ0n) is 11.3. The molecule has 2 aromatic rings. The van der Waals surface area contributed by atoms with Crippen LogP contribution in [0.3, 0.4) is 0 Å². The van der Waals surface area contributed by atoms with Gasteiger partial charge in [-0.25, -0.2) is 4.39 Å². The summed E-state index contributed by atoms with van der Waals surface area (Å²) in [6.45, 7) is 0. The molecule has 0 unspecified atom stereocenters. The van der Waals surface area contributed by atoms with Crippen LogP contribution in [-0.2, 0) is 0 Å².